The van der Waals surface area contributed by atoms with Crippen molar-refractivity contribution >= 4 is 17.0 Å². The van der Waals surface area contributed by atoms with Crippen molar-refractivity contribution in [2.24, 2.45) is 0 Å². The van der Waals surface area contributed by atoms with Crippen LogP contribution in [0.25, 0.3) is 11.0 Å². The van der Waals surface area contributed by atoms with E-state index in [0.29, 0.717) is 6.61 Å². The van der Waals surface area contributed by atoms with E-state index < -0.39 is 5.41 Å². The van der Waals surface area contributed by atoms with Crippen LogP contribution in [0.2, 0.25) is 0 Å². The number of fused-ring (bicyclic) bond motifs is 1. The molecule has 5 nitrogen and oxygen atoms in total. The van der Waals surface area contributed by atoms with Gasteiger partial charge in [-0.1, -0.05) is 0 Å². The molecule has 2 aromatic heterocycles. The van der Waals surface area contributed by atoms with Crippen LogP contribution >= 0.6 is 0 Å². The van der Waals surface area contributed by atoms with Gasteiger partial charge in [-0.05, 0) is 46.6 Å². The van der Waals surface area contributed by atoms with Gasteiger partial charge in [0.2, 0.25) is 0 Å². The molecule has 0 N–H and O–H groups in total. The molecule has 0 bridgehead atoms. The second kappa shape index (κ2) is 4.55. The molecule has 5 heteroatoms. The van der Waals surface area contributed by atoms with Crippen molar-refractivity contribution in [1.82, 2.24) is 14.5 Å². The first-order valence-electron chi connectivity index (χ1n) is 7.41. The van der Waals surface area contributed by atoms with E-state index >= 15 is 0 Å². The van der Waals surface area contributed by atoms with E-state index in [0.717, 1.165) is 29.7 Å². The van der Waals surface area contributed by atoms with Crippen molar-refractivity contribution in [3.8, 4) is 0 Å². The van der Waals surface area contributed by atoms with E-state index in [2.05, 4.69) is 30.3 Å². The number of esters is 1. The minimum atomic E-state index is -0.567. The third kappa shape index (κ3) is 2.11. The topological polar surface area (TPSA) is 57.0 Å². The molecule has 112 valence electrons. The maximum Gasteiger partial charge on any atom is 0.319 e. The summed E-state index contributed by atoms with van der Waals surface area (Å²) in [5.74, 6) is 0.662. The Labute approximate surface area is 124 Å². The molecule has 1 aliphatic rings. The van der Waals surface area contributed by atoms with Gasteiger partial charge in [-0.15, -0.1) is 0 Å². The van der Waals surface area contributed by atoms with Crippen LogP contribution < -0.4 is 0 Å². The summed E-state index contributed by atoms with van der Waals surface area (Å²) in [6, 6.07) is 1.96. The molecular weight excluding hydrogens is 266 g/mol. The van der Waals surface area contributed by atoms with Crippen molar-refractivity contribution in [3.63, 3.8) is 0 Å². The van der Waals surface area contributed by atoms with Gasteiger partial charge < -0.3 is 9.30 Å². The lowest BCUT2D eigenvalue weighted by atomic mass is 10.0. The molecular formula is C16H21N3O2. The monoisotopic (exact) mass is 287 g/mol. The number of pyridine rings is 1. The number of rotatable bonds is 3. The van der Waals surface area contributed by atoms with Crippen LogP contribution in [-0.4, -0.2) is 27.1 Å². The SMILES string of the molecule is CCOC(=O)C1(c2nc3cnccc3n2C(C)(C)C)CC1. The Kier molecular flexibility index (Phi) is 3.04. The standard InChI is InChI=1S/C16H21N3O2/c1-5-21-14(20)16(7-8-16)13-18-11-10-17-9-6-12(11)19(13)15(2,3)4/h6,9-10H,5,7-8H2,1-4H3. The largest absolute Gasteiger partial charge is 0.465 e. The first kappa shape index (κ1) is 14.0. The van der Waals surface area contributed by atoms with Crippen LogP contribution in [-0.2, 0) is 20.5 Å². The maximum atomic E-state index is 12.4. The van der Waals surface area contributed by atoms with Crippen molar-refractivity contribution in [3.05, 3.63) is 24.3 Å². The van der Waals surface area contributed by atoms with Gasteiger partial charge in [0.1, 0.15) is 16.8 Å². The van der Waals surface area contributed by atoms with Crippen LogP contribution in [0.5, 0.6) is 0 Å². The highest BCUT2D eigenvalue weighted by atomic mass is 16.5. The van der Waals surface area contributed by atoms with Gasteiger partial charge in [0.25, 0.3) is 0 Å². The summed E-state index contributed by atoms with van der Waals surface area (Å²) in [5.41, 5.74) is 1.12. The van der Waals surface area contributed by atoms with Gasteiger partial charge in [0.15, 0.2) is 0 Å². The Morgan fingerprint density at radius 1 is 1.43 bits per heavy atom. The first-order valence-corrected chi connectivity index (χ1v) is 7.41. The van der Waals surface area contributed by atoms with Crippen LogP contribution in [0.3, 0.4) is 0 Å². The van der Waals surface area contributed by atoms with Crippen molar-refractivity contribution in [2.45, 2.75) is 51.5 Å². The minimum absolute atomic E-state index is 0.154. The number of hydrogen-bond acceptors (Lipinski definition) is 4. The summed E-state index contributed by atoms with van der Waals surface area (Å²) in [6.45, 7) is 8.61. The number of nitrogens with zero attached hydrogens (tertiary/aromatic N) is 3. The number of hydrogen-bond donors (Lipinski definition) is 0. The van der Waals surface area contributed by atoms with E-state index in [9.17, 15) is 4.79 Å². The fourth-order valence-electron chi connectivity index (χ4n) is 2.85. The van der Waals surface area contributed by atoms with Crippen molar-refractivity contribution in [1.29, 1.82) is 0 Å². The molecule has 1 saturated carbocycles. The summed E-state index contributed by atoms with van der Waals surface area (Å²) in [5, 5.41) is 0. The number of imidazole rings is 1. The zero-order chi connectivity index (χ0) is 15.3. The zero-order valence-corrected chi connectivity index (χ0v) is 13.0. The predicted octanol–water partition coefficient (Wildman–Crippen LogP) is 2.78. The quantitative estimate of drug-likeness (QED) is 0.815. The Morgan fingerprint density at radius 3 is 2.71 bits per heavy atom. The minimum Gasteiger partial charge on any atom is -0.465 e. The molecule has 0 spiro atoms. The lowest BCUT2D eigenvalue weighted by molar-refractivity contribution is -0.146. The average molecular weight is 287 g/mol. The lowest BCUT2D eigenvalue weighted by Crippen LogP contribution is -2.32. The number of ether oxygens (including phenoxy) is 1. The van der Waals surface area contributed by atoms with Gasteiger partial charge in [0.05, 0.1) is 18.3 Å². The molecule has 0 radical (unpaired) electrons. The predicted molar refractivity (Wildman–Crippen MR) is 80.1 cm³/mol. The van der Waals surface area contributed by atoms with Crippen LogP contribution in [0.1, 0.15) is 46.4 Å². The summed E-state index contributed by atoms with van der Waals surface area (Å²) in [7, 11) is 0. The second-order valence-corrected chi connectivity index (χ2v) is 6.61. The van der Waals surface area contributed by atoms with E-state index in [1.165, 1.54) is 0 Å². The molecule has 1 fully saturated rings. The van der Waals surface area contributed by atoms with Crippen LogP contribution in [0.15, 0.2) is 18.5 Å². The van der Waals surface area contributed by atoms with Gasteiger partial charge >= 0.3 is 5.97 Å². The van der Waals surface area contributed by atoms with E-state index in [1.54, 1.807) is 12.4 Å². The maximum absolute atomic E-state index is 12.4. The summed E-state index contributed by atoms with van der Waals surface area (Å²) in [4.78, 5) is 21.2. The van der Waals surface area contributed by atoms with E-state index in [4.69, 9.17) is 9.72 Å². The first-order chi connectivity index (χ1) is 9.90. The third-order valence-electron chi connectivity index (χ3n) is 3.97. The smallest absolute Gasteiger partial charge is 0.319 e. The summed E-state index contributed by atoms with van der Waals surface area (Å²) < 4.78 is 7.44. The molecule has 0 aliphatic heterocycles. The van der Waals surface area contributed by atoms with E-state index in [-0.39, 0.29) is 11.5 Å². The van der Waals surface area contributed by atoms with Crippen molar-refractivity contribution in [2.75, 3.05) is 6.61 Å². The molecule has 0 aromatic carbocycles. The molecule has 1 aliphatic carbocycles. The van der Waals surface area contributed by atoms with Crippen LogP contribution in [0.4, 0.5) is 0 Å². The average Bonchev–Trinajstić information content (AvgIpc) is 3.12. The molecule has 2 heterocycles. The molecule has 2 aromatic rings. The molecule has 3 rings (SSSR count). The lowest BCUT2D eigenvalue weighted by Gasteiger charge is -2.27. The zero-order valence-electron chi connectivity index (χ0n) is 13.0. The Morgan fingerprint density at radius 2 is 2.14 bits per heavy atom. The Hall–Kier alpha value is -1.91. The summed E-state index contributed by atoms with van der Waals surface area (Å²) >= 11 is 0. The van der Waals surface area contributed by atoms with E-state index in [1.807, 2.05) is 13.0 Å². The fourth-order valence-corrected chi connectivity index (χ4v) is 2.85. The number of aromatic nitrogens is 3. The Balaban J connectivity index is 2.21. The van der Waals surface area contributed by atoms with Gasteiger partial charge in [0, 0.05) is 11.7 Å². The number of carbonyl (C=O) groups is 1. The van der Waals surface area contributed by atoms with Gasteiger partial charge in [-0.2, -0.15) is 0 Å². The highest BCUT2D eigenvalue weighted by Crippen LogP contribution is 2.50. The number of carbonyl (C=O) groups excluding carboxylic acids is 1. The van der Waals surface area contributed by atoms with Gasteiger partial charge in [-0.25, -0.2) is 4.98 Å². The third-order valence-corrected chi connectivity index (χ3v) is 3.97. The fraction of sp³-hybridized carbons (Fsp3) is 0.562. The molecule has 0 saturated heterocycles. The molecule has 0 unspecified atom stereocenters. The van der Waals surface area contributed by atoms with Crippen molar-refractivity contribution < 1.29 is 9.53 Å². The molecule has 0 atom stereocenters. The molecule has 21 heavy (non-hydrogen) atoms. The second-order valence-electron chi connectivity index (χ2n) is 6.61. The highest BCUT2D eigenvalue weighted by Gasteiger charge is 2.57. The Bertz CT molecular complexity index is 693. The normalized spacial score (nSPS) is 17.0. The highest BCUT2D eigenvalue weighted by molar-refractivity contribution is 5.87. The van der Waals surface area contributed by atoms with Crippen LogP contribution in [0, 0.1) is 0 Å². The van der Waals surface area contributed by atoms with Gasteiger partial charge in [-0.3, -0.25) is 9.78 Å². The molecule has 0 amide bonds. The summed E-state index contributed by atoms with van der Waals surface area (Å²) in [6.07, 6.45) is 5.12.